The van der Waals surface area contributed by atoms with Gasteiger partial charge in [-0.15, -0.1) is 0 Å². The number of thiocyanates is 2. The Morgan fingerprint density at radius 2 is 2.09 bits per heavy atom. The van der Waals surface area contributed by atoms with E-state index >= 15 is 0 Å². The number of alkyl halides is 1. The van der Waals surface area contributed by atoms with Crippen LogP contribution < -0.4 is 0 Å². The van der Waals surface area contributed by atoms with Crippen molar-refractivity contribution in [1.29, 1.82) is 10.5 Å². The Morgan fingerprint density at radius 3 is 2.55 bits per heavy atom. The first-order valence-corrected chi connectivity index (χ1v) is 4.83. The van der Waals surface area contributed by atoms with E-state index in [1.165, 1.54) is 0 Å². The fourth-order valence-electron chi connectivity index (χ4n) is 0.503. The van der Waals surface area contributed by atoms with Gasteiger partial charge in [-0.3, -0.25) is 4.39 Å². The molecule has 0 radical (unpaired) electrons. The van der Waals surface area contributed by atoms with Crippen molar-refractivity contribution in [3.05, 3.63) is 0 Å². The molecule has 0 rings (SSSR count). The Balaban J connectivity index is 3.54. The Morgan fingerprint density at radius 1 is 1.36 bits per heavy atom. The number of rotatable bonds is 5. The maximum atomic E-state index is 11.8. The first kappa shape index (κ1) is 10.6. The van der Waals surface area contributed by atoms with Crippen molar-refractivity contribution in [1.82, 2.24) is 0 Å². The number of nitriles is 2. The zero-order chi connectivity index (χ0) is 8.53. The van der Waals surface area contributed by atoms with E-state index in [2.05, 4.69) is 0 Å². The van der Waals surface area contributed by atoms with Crippen LogP contribution in [-0.4, -0.2) is 17.7 Å². The van der Waals surface area contributed by atoms with Crippen molar-refractivity contribution in [3.8, 4) is 10.8 Å². The molecule has 5 heteroatoms. The average Bonchev–Trinajstić information content (AvgIpc) is 2.01. The Bertz CT molecular complexity index is 172. The molecule has 0 spiro atoms. The molecular formula is C6H7FN2S2. The third-order valence-electron chi connectivity index (χ3n) is 0.984. The Hall–Kier alpha value is -0.390. The molecule has 0 aromatic rings. The molecule has 0 saturated carbocycles. The molecule has 1 unspecified atom stereocenters. The highest BCUT2D eigenvalue weighted by Crippen LogP contribution is 2.17. The Labute approximate surface area is 73.8 Å². The van der Waals surface area contributed by atoms with Gasteiger partial charge in [-0.05, 0) is 29.9 Å². The van der Waals surface area contributed by atoms with Crippen LogP contribution in [0.5, 0.6) is 0 Å². The van der Waals surface area contributed by atoms with E-state index in [0.29, 0.717) is 12.2 Å². The summed E-state index contributed by atoms with van der Waals surface area (Å²) in [7, 11) is 0. The number of halogens is 1. The lowest BCUT2D eigenvalue weighted by molar-refractivity contribution is 0.474. The lowest BCUT2D eigenvalue weighted by Gasteiger charge is -2.05. The largest absolute Gasteiger partial charge is 0.251 e. The summed E-state index contributed by atoms with van der Waals surface area (Å²) < 4.78 is 11.8. The summed E-state index contributed by atoms with van der Waals surface area (Å²) >= 11 is 2.10. The summed E-state index contributed by atoms with van der Waals surface area (Å²) in [5.41, 5.74) is 0. The van der Waals surface area contributed by atoms with Crippen LogP contribution in [-0.2, 0) is 0 Å². The quantitative estimate of drug-likeness (QED) is 0.623. The van der Waals surface area contributed by atoms with Crippen molar-refractivity contribution in [3.63, 3.8) is 0 Å². The van der Waals surface area contributed by atoms with E-state index in [-0.39, 0.29) is 5.25 Å². The molecule has 1 atom stereocenters. The number of thioether (sulfide) groups is 2. The normalized spacial score (nSPS) is 11.5. The third kappa shape index (κ3) is 6.03. The summed E-state index contributed by atoms with van der Waals surface area (Å²) in [6.07, 6.45) is 0.354. The van der Waals surface area contributed by atoms with Crippen molar-refractivity contribution in [2.75, 3.05) is 12.4 Å². The van der Waals surface area contributed by atoms with Gasteiger partial charge in [-0.2, -0.15) is 10.5 Å². The van der Waals surface area contributed by atoms with E-state index < -0.39 is 6.67 Å². The van der Waals surface area contributed by atoms with Crippen molar-refractivity contribution < 1.29 is 4.39 Å². The number of nitrogens with zero attached hydrogens (tertiary/aromatic N) is 2. The zero-order valence-electron chi connectivity index (χ0n) is 5.79. The van der Waals surface area contributed by atoms with E-state index in [9.17, 15) is 4.39 Å². The van der Waals surface area contributed by atoms with E-state index in [1.54, 1.807) is 0 Å². The van der Waals surface area contributed by atoms with Crippen LogP contribution in [0.4, 0.5) is 4.39 Å². The number of hydrogen-bond acceptors (Lipinski definition) is 4. The van der Waals surface area contributed by atoms with Gasteiger partial charge >= 0.3 is 0 Å². The minimum atomic E-state index is -0.425. The minimum Gasteiger partial charge on any atom is -0.251 e. The summed E-state index contributed by atoms with van der Waals surface area (Å²) in [6, 6.07) is 0. The molecule has 0 aliphatic rings. The van der Waals surface area contributed by atoms with Crippen LogP contribution in [0.15, 0.2) is 0 Å². The highest BCUT2D eigenvalue weighted by Gasteiger charge is 2.08. The van der Waals surface area contributed by atoms with Crippen molar-refractivity contribution in [2.45, 2.75) is 11.7 Å². The molecule has 0 heterocycles. The average molecular weight is 190 g/mol. The third-order valence-corrected chi connectivity index (χ3v) is 2.73. The predicted octanol–water partition coefficient (Wildman–Crippen LogP) is 2.14. The van der Waals surface area contributed by atoms with Gasteiger partial charge in [0.15, 0.2) is 0 Å². The lowest BCUT2D eigenvalue weighted by Crippen LogP contribution is -2.05. The maximum Gasteiger partial charge on any atom is 0.133 e. The molecule has 0 aliphatic heterocycles. The second-order valence-corrected chi connectivity index (χ2v) is 3.60. The highest BCUT2D eigenvalue weighted by atomic mass is 32.2. The lowest BCUT2D eigenvalue weighted by atomic mass is 10.4. The molecule has 0 aromatic carbocycles. The SMILES string of the molecule is N#CSCC(CCF)SC#N. The van der Waals surface area contributed by atoms with Crippen LogP contribution in [0, 0.1) is 21.3 Å². The molecule has 0 aliphatic carbocycles. The first-order valence-electron chi connectivity index (χ1n) is 2.96. The van der Waals surface area contributed by atoms with Gasteiger partial charge < -0.3 is 0 Å². The van der Waals surface area contributed by atoms with E-state index in [4.69, 9.17) is 10.5 Å². The van der Waals surface area contributed by atoms with Crippen molar-refractivity contribution in [2.24, 2.45) is 0 Å². The molecule has 0 N–H and O–H groups in total. The molecule has 2 nitrogen and oxygen atoms in total. The number of hydrogen-bond donors (Lipinski definition) is 0. The Kier molecular flexibility index (Phi) is 7.44. The smallest absolute Gasteiger partial charge is 0.133 e. The van der Waals surface area contributed by atoms with E-state index in [0.717, 1.165) is 23.5 Å². The van der Waals surface area contributed by atoms with Gasteiger partial charge in [0.25, 0.3) is 0 Å². The van der Waals surface area contributed by atoms with Crippen LogP contribution in [0.2, 0.25) is 0 Å². The molecule has 0 fully saturated rings. The zero-order valence-corrected chi connectivity index (χ0v) is 7.42. The molecule has 11 heavy (non-hydrogen) atoms. The predicted molar refractivity (Wildman–Crippen MR) is 45.7 cm³/mol. The van der Waals surface area contributed by atoms with Gasteiger partial charge in [0, 0.05) is 11.0 Å². The van der Waals surface area contributed by atoms with Crippen molar-refractivity contribution >= 4 is 23.5 Å². The van der Waals surface area contributed by atoms with Gasteiger partial charge in [-0.1, -0.05) is 0 Å². The molecule has 0 amide bonds. The summed E-state index contributed by atoms with van der Waals surface area (Å²) in [6.45, 7) is -0.425. The molecule has 0 bridgehead atoms. The van der Waals surface area contributed by atoms with Crippen LogP contribution in [0.3, 0.4) is 0 Å². The molecular weight excluding hydrogens is 183 g/mol. The monoisotopic (exact) mass is 190 g/mol. The standard InChI is InChI=1S/C6H7FN2S2/c7-2-1-6(11-5-9)3-10-4-8/h6H,1-3H2. The summed E-state index contributed by atoms with van der Waals surface area (Å²) in [5.74, 6) is 0.526. The summed E-state index contributed by atoms with van der Waals surface area (Å²) in [4.78, 5) is 0. The van der Waals surface area contributed by atoms with Crippen LogP contribution in [0.25, 0.3) is 0 Å². The van der Waals surface area contributed by atoms with E-state index in [1.807, 2.05) is 10.8 Å². The maximum absolute atomic E-state index is 11.8. The topological polar surface area (TPSA) is 47.6 Å². The second kappa shape index (κ2) is 7.71. The molecule has 0 aromatic heterocycles. The molecule has 0 saturated heterocycles. The fourth-order valence-corrected chi connectivity index (χ4v) is 1.76. The van der Waals surface area contributed by atoms with Gasteiger partial charge in [0.05, 0.1) is 6.67 Å². The highest BCUT2D eigenvalue weighted by molar-refractivity contribution is 8.07. The van der Waals surface area contributed by atoms with Crippen LogP contribution >= 0.6 is 23.5 Å². The van der Waals surface area contributed by atoms with Crippen LogP contribution in [0.1, 0.15) is 6.42 Å². The minimum absolute atomic E-state index is 0.0466. The van der Waals surface area contributed by atoms with Gasteiger partial charge in [0.2, 0.25) is 0 Å². The fraction of sp³-hybridized carbons (Fsp3) is 0.667. The second-order valence-electron chi connectivity index (χ2n) is 1.71. The first-order chi connectivity index (χ1) is 5.35. The summed E-state index contributed by atoms with van der Waals surface area (Å²) in [5, 5.41) is 20.2. The van der Waals surface area contributed by atoms with Gasteiger partial charge in [-0.25, -0.2) is 0 Å². The molecule has 60 valence electrons. The van der Waals surface area contributed by atoms with Gasteiger partial charge in [0.1, 0.15) is 10.8 Å².